The fourth-order valence-electron chi connectivity index (χ4n) is 4.51. The maximum Gasteiger partial charge on any atom is 0.410 e. The summed E-state index contributed by atoms with van der Waals surface area (Å²) in [6.45, 7) is 10.6. The Balaban J connectivity index is 0.00000512. The molecule has 8 heteroatoms. The summed E-state index contributed by atoms with van der Waals surface area (Å²) in [5, 5.41) is 6.67. The predicted octanol–water partition coefficient (Wildman–Crippen LogP) is 3.34. The molecule has 1 amide bonds. The highest BCUT2D eigenvalue weighted by Crippen LogP contribution is 2.26. The predicted molar refractivity (Wildman–Crippen MR) is 132 cm³/mol. The van der Waals surface area contributed by atoms with Gasteiger partial charge in [0.05, 0.1) is 25.2 Å². The Hall–Kier alpha value is -1.38. The zero-order valence-electron chi connectivity index (χ0n) is 20.5. The molecule has 0 aromatic carbocycles. The number of fused-ring (bicyclic) bond motifs is 13. The van der Waals surface area contributed by atoms with Gasteiger partial charge in [0, 0.05) is 12.0 Å². The van der Waals surface area contributed by atoms with Gasteiger partial charge < -0.3 is 9.64 Å². The number of hydrogen-bond donors (Lipinski definition) is 2. The smallest absolute Gasteiger partial charge is 0.410 e. The topological polar surface area (TPSA) is 87.7 Å². The van der Waals surface area contributed by atoms with E-state index in [1.54, 1.807) is 4.90 Å². The summed E-state index contributed by atoms with van der Waals surface area (Å²) in [5.41, 5.74) is -1.53. The summed E-state index contributed by atoms with van der Waals surface area (Å²) in [6, 6.07) is 0.0894. The van der Waals surface area contributed by atoms with Crippen molar-refractivity contribution in [3.8, 4) is 0 Å². The minimum atomic E-state index is -0.802. The largest absolute Gasteiger partial charge is 0.445 e. The molecule has 0 aliphatic carbocycles. The first-order chi connectivity index (χ1) is 14.6. The first-order valence-corrected chi connectivity index (χ1v) is 11.8. The van der Waals surface area contributed by atoms with Gasteiger partial charge in [-0.05, 0) is 40.0 Å². The number of carbonyl (C=O) groups excluding carboxylic acids is 3. The number of rotatable bonds is 4. The summed E-state index contributed by atoms with van der Waals surface area (Å²) >= 11 is 0. The van der Waals surface area contributed by atoms with Gasteiger partial charge in [-0.3, -0.25) is 20.2 Å². The fourth-order valence-corrected chi connectivity index (χ4v) is 4.51. The number of nitrogens with one attached hydrogen (secondary N) is 2. The zero-order chi connectivity index (χ0) is 23.1. The maximum atomic E-state index is 13.3. The monoisotopic (exact) mass is 469 g/mol. The van der Waals surface area contributed by atoms with E-state index >= 15 is 0 Å². The summed E-state index contributed by atoms with van der Waals surface area (Å²) in [4.78, 5) is 40.1. The molecule has 1 fully saturated rings. The van der Waals surface area contributed by atoms with E-state index in [4.69, 9.17) is 4.74 Å². The highest BCUT2D eigenvalue weighted by molar-refractivity contribution is 7.59. The molecule has 184 valence electrons. The number of hydrogen-bond acceptors (Lipinski definition) is 6. The van der Waals surface area contributed by atoms with Crippen molar-refractivity contribution in [3.63, 3.8) is 0 Å². The normalized spacial score (nSPS) is 28.4. The van der Waals surface area contributed by atoms with E-state index in [1.807, 2.05) is 40.7 Å². The van der Waals surface area contributed by atoms with Crippen LogP contribution in [0, 0.1) is 5.92 Å². The standard InChI is InChI=1S/C24H41N3O4.H2S/c1-18(2)21(29)23(5)13-11-9-7-6-8-10-12-14-31-22(30)27-16-24(17-27,26-19(3)4)20(28)15-25-23;/h10,12,18-19,25-26H,6-9,11,13-17H2,1-5H3;1H2/t23-;/m0./s1. The molecule has 0 saturated carbocycles. The summed E-state index contributed by atoms with van der Waals surface area (Å²) in [6.07, 6.45) is 9.36. The first kappa shape index (κ1) is 28.7. The molecular formula is C24H43N3O4S. The van der Waals surface area contributed by atoms with Gasteiger partial charge in [0.25, 0.3) is 0 Å². The molecular weight excluding hydrogens is 426 g/mol. The Morgan fingerprint density at radius 2 is 1.75 bits per heavy atom. The van der Waals surface area contributed by atoms with E-state index in [9.17, 15) is 14.4 Å². The van der Waals surface area contributed by atoms with Gasteiger partial charge in [-0.1, -0.05) is 45.3 Å². The highest BCUT2D eigenvalue weighted by Gasteiger charge is 2.51. The maximum absolute atomic E-state index is 13.3. The zero-order valence-corrected chi connectivity index (χ0v) is 21.5. The van der Waals surface area contributed by atoms with E-state index in [2.05, 4.69) is 16.7 Å². The Morgan fingerprint density at radius 1 is 1.09 bits per heavy atom. The molecule has 1 atom stereocenters. The van der Waals surface area contributed by atoms with E-state index in [0.717, 1.165) is 38.5 Å². The molecule has 0 unspecified atom stereocenters. The quantitative estimate of drug-likeness (QED) is 0.614. The molecule has 3 heterocycles. The first-order valence-electron chi connectivity index (χ1n) is 11.8. The second kappa shape index (κ2) is 12.8. The van der Waals surface area contributed by atoms with Crippen LogP contribution in [0.5, 0.6) is 0 Å². The summed E-state index contributed by atoms with van der Waals surface area (Å²) in [7, 11) is 0. The van der Waals surface area contributed by atoms with Crippen LogP contribution in [-0.4, -0.2) is 65.9 Å². The lowest BCUT2D eigenvalue weighted by molar-refractivity contribution is -0.133. The molecule has 3 rings (SSSR count). The van der Waals surface area contributed by atoms with Crippen molar-refractivity contribution < 1.29 is 19.1 Å². The summed E-state index contributed by atoms with van der Waals surface area (Å²) < 4.78 is 5.31. The second-order valence-electron chi connectivity index (χ2n) is 9.87. The van der Waals surface area contributed by atoms with E-state index < -0.39 is 17.2 Å². The number of carbonyl (C=O) groups is 3. The highest BCUT2D eigenvalue weighted by atomic mass is 32.1. The average molecular weight is 470 g/mol. The van der Waals surface area contributed by atoms with Crippen molar-refractivity contribution in [2.24, 2.45) is 5.92 Å². The van der Waals surface area contributed by atoms with Crippen LogP contribution in [0.15, 0.2) is 12.2 Å². The Bertz CT molecular complexity index is 674. The minimum Gasteiger partial charge on any atom is -0.445 e. The molecule has 0 radical (unpaired) electrons. The molecule has 3 aliphatic rings. The number of ketones is 2. The van der Waals surface area contributed by atoms with Crippen LogP contribution in [0.1, 0.15) is 73.1 Å². The van der Waals surface area contributed by atoms with E-state index in [0.29, 0.717) is 0 Å². The van der Waals surface area contributed by atoms with Crippen LogP contribution >= 0.6 is 13.5 Å². The Morgan fingerprint density at radius 3 is 2.38 bits per heavy atom. The summed E-state index contributed by atoms with van der Waals surface area (Å²) in [5.74, 6) is 0.0173. The van der Waals surface area contributed by atoms with Crippen molar-refractivity contribution in [3.05, 3.63) is 12.2 Å². The third kappa shape index (κ3) is 7.59. The van der Waals surface area contributed by atoms with Crippen LogP contribution in [0.3, 0.4) is 0 Å². The van der Waals surface area contributed by atoms with Crippen LogP contribution < -0.4 is 10.6 Å². The molecule has 1 saturated heterocycles. The lowest BCUT2D eigenvalue weighted by Gasteiger charge is -2.49. The van der Waals surface area contributed by atoms with Gasteiger partial charge in [-0.25, -0.2) is 4.79 Å². The molecule has 32 heavy (non-hydrogen) atoms. The van der Waals surface area contributed by atoms with Crippen LogP contribution in [0.4, 0.5) is 4.79 Å². The third-order valence-electron chi connectivity index (χ3n) is 6.25. The lowest BCUT2D eigenvalue weighted by Crippen LogP contribution is -2.76. The molecule has 3 aliphatic heterocycles. The van der Waals surface area contributed by atoms with Gasteiger partial charge in [-0.2, -0.15) is 13.5 Å². The van der Waals surface area contributed by atoms with Gasteiger partial charge in [0.2, 0.25) is 0 Å². The molecule has 0 spiro atoms. The van der Waals surface area contributed by atoms with E-state index in [-0.39, 0.29) is 63.3 Å². The van der Waals surface area contributed by atoms with Crippen LogP contribution in [0.25, 0.3) is 0 Å². The second-order valence-corrected chi connectivity index (χ2v) is 9.87. The van der Waals surface area contributed by atoms with Crippen LogP contribution in [-0.2, 0) is 14.3 Å². The minimum absolute atomic E-state index is 0. The number of allylic oxidation sites excluding steroid dienone is 1. The molecule has 2 bridgehead atoms. The number of ether oxygens (including phenoxy) is 1. The molecule has 0 aromatic heterocycles. The van der Waals surface area contributed by atoms with E-state index in [1.165, 1.54) is 0 Å². The number of Topliss-reactive ketones (excluding diaryl/α,β-unsaturated/α-hetero) is 2. The van der Waals surface area contributed by atoms with Crippen molar-refractivity contribution in [2.45, 2.75) is 90.3 Å². The molecule has 2 N–H and O–H groups in total. The van der Waals surface area contributed by atoms with Crippen molar-refractivity contribution in [2.75, 3.05) is 26.2 Å². The van der Waals surface area contributed by atoms with Crippen molar-refractivity contribution >= 4 is 31.2 Å². The van der Waals surface area contributed by atoms with Crippen LogP contribution in [0.2, 0.25) is 0 Å². The number of amides is 1. The Kier molecular flexibility index (Phi) is 11.4. The van der Waals surface area contributed by atoms with Crippen molar-refractivity contribution in [1.82, 2.24) is 15.5 Å². The lowest BCUT2D eigenvalue weighted by atomic mass is 9.81. The van der Waals surface area contributed by atoms with Crippen molar-refractivity contribution in [1.29, 1.82) is 0 Å². The average Bonchev–Trinajstić information content (AvgIpc) is 2.68. The van der Waals surface area contributed by atoms with Gasteiger partial charge in [0.1, 0.15) is 12.1 Å². The van der Waals surface area contributed by atoms with Gasteiger partial charge >= 0.3 is 6.09 Å². The SMILES string of the molecule is CC(C)NC12CN(C1)C(=O)OCC=CCCCCCC[C@@](C)(C(=O)C(C)C)NCC2=O.S. The molecule has 7 nitrogen and oxygen atoms in total. The van der Waals surface area contributed by atoms with Gasteiger partial charge in [-0.15, -0.1) is 0 Å². The number of nitrogens with zero attached hydrogens (tertiary/aromatic N) is 1. The van der Waals surface area contributed by atoms with Gasteiger partial charge in [0.15, 0.2) is 11.6 Å². The third-order valence-corrected chi connectivity index (χ3v) is 6.25. The fraction of sp³-hybridized carbons (Fsp3) is 0.792. The Labute approximate surface area is 200 Å². The molecule has 0 aromatic rings.